The van der Waals surface area contributed by atoms with E-state index in [1.807, 2.05) is 19.1 Å². The summed E-state index contributed by atoms with van der Waals surface area (Å²) in [6, 6.07) is 5.91. The van der Waals surface area contributed by atoms with Crippen LogP contribution in [0.3, 0.4) is 0 Å². The Morgan fingerprint density at radius 3 is 2.61 bits per heavy atom. The lowest BCUT2D eigenvalue weighted by Gasteiger charge is -2.27. The van der Waals surface area contributed by atoms with Gasteiger partial charge in [0.25, 0.3) is 5.91 Å². The summed E-state index contributed by atoms with van der Waals surface area (Å²) >= 11 is 0. The van der Waals surface area contributed by atoms with Crippen LogP contribution in [0, 0.1) is 12.8 Å². The van der Waals surface area contributed by atoms with Gasteiger partial charge in [0.1, 0.15) is 0 Å². The van der Waals surface area contributed by atoms with Crippen molar-refractivity contribution < 1.29 is 4.79 Å². The van der Waals surface area contributed by atoms with Gasteiger partial charge in [-0.3, -0.25) is 4.79 Å². The van der Waals surface area contributed by atoms with Crippen molar-refractivity contribution in [1.29, 1.82) is 0 Å². The summed E-state index contributed by atoms with van der Waals surface area (Å²) in [5.41, 5.74) is 8.11. The third-order valence-electron chi connectivity index (χ3n) is 3.92. The first-order valence-electron chi connectivity index (χ1n) is 6.74. The molecule has 0 saturated heterocycles. The lowest BCUT2D eigenvalue weighted by molar-refractivity contribution is 0.0924. The molecule has 18 heavy (non-hydrogen) atoms. The second kappa shape index (κ2) is 5.42. The number of para-hydroxylation sites is 1. The van der Waals surface area contributed by atoms with Crippen LogP contribution in [0.1, 0.15) is 48.5 Å². The van der Waals surface area contributed by atoms with Crippen LogP contribution in [0.15, 0.2) is 18.2 Å². The van der Waals surface area contributed by atoms with Gasteiger partial charge in [0.05, 0.1) is 5.56 Å². The molecule has 1 aromatic rings. The molecule has 0 bridgehead atoms. The SMILES string of the molecule is Cc1cccc(C(=O)NC2CCC(C)CC2)c1N. The highest BCUT2D eigenvalue weighted by Gasteiger charge is 2.21. The van der Waals surface area contributed by atoms with Crippen LogP contribution in [-0.2, 0) is 0 Å². The van der Waals surface area contributed by atoms with Crippen LogP contribution in [0.25, 0.3) is 0 Å². The molecule has 0 radical (unpaired) electrons. The van der Waals surface area contributed by atoms with Gasteiger partial charge in [-0.05, 0) is 50.2 Å². The van der Waals surface area contributed by atoms with Crippen LogP contribution in [0.2, 0.25) is 0 Å². The molecule has 1 aromatic carbocycles. The number of nitrogen functional groups attached to an aromatic ring is 1. The summed E-state index contributed by atoms with van der Waals surface area (Å²) in [6.45, 7) is 4.20. The quantitative estimate of drug-likeness (QED) is 0.788. The van der Waals surface area contributed by atoms with Crippen molar-refractivity contribution in [2.24, 2.45) is 5.92 Å². The van der Waals surface area contributed by atoms with E-state index < -0.39 is 0 Å². The zero-order valence-electron chi connectivity index (χ0n) is 11.2. The smallest absolute Gasteiger partial charge is 0.253 e. The monoisotopic (exact) mass is 246 g/mol. The van der Waals surface area contributed by atoms with E-state index >= 15 is 0 Å². The maximum Gasteiger partial charge on any atom is 0.253 e. The van der Waals surface area contributed by atoms with Gasteiger partial charge in [0, 0.05) is 11.7 Å². The lowest BCUT2D eigenvalue weighted by Crippen LogP contribution is -2.37. The molecule has 0 atom stereocenters. The highest BCUT2D eigenvalue weighted by atomic mass is 16.1. The minimum Gasteiger partial charge on any atom is -0.398 e. The van der Waals surface area contributed by atoms with Crippen LogP contribution in [0.4, 0.5) is 5.69 Å². The number of amides is 1. The fourth-order valence-corrected chi connectivity index (χ4v) is 2.55. The Balaban J connectivity index is 2.01. The summed E-state index contributed by atoms with van der Waals surface area (Å²) in [5.74, 6) is 0.762. The van der Waals surface area contributed by atoms with Gasteiger partial charge >= 0.3 is 0 Å². The maximum atomic E-state index is 12.2. The van der Waals surface area contributed by atoms with Gasteiger partial charge in [-0.15, -0.1) is 0 Å². The number of anilines is 1. The minimum atomic E-state index is -0.0317. The number of carbonyl (C=O) groups is 1. The third kappa shape index (κ3) is 2.84. The van der Waals surface area contributed by atoms with Gasteiger partial charge < -0.3 is 11.1 Å². The van der Waals surface area contributed by atoms with E-state index in [2.05, 4.69) is 12.2 Å². The molecule has 0 unspecified atom stereocenters. The summed E-state index contributed by atoms with van der Waals surface area (Å²) in [6.07, 6.45) is 4.57. The maximum absolute atomic E-state index is 12.2. The minimum absolute atomic E-state index is 0.0317. The van der Waals surface area contributed by atoms with Crippen molar-refractivity contribution in [3.05, 3.63) is 29.3 Å². The molecule has 0 aromatic heterocycles. The number of hydrogen-bond acceptors (Lipinski definition) is 2. The normalized spacial score (nSPS) is 23.7. The number of rotatable bonds is 2. The molecule has 0 spiro atoms. The first-order valence-corrected chi connectivity index (χ1v) is 6.74. The summed E-state index contributed by atoms with van der Waals surface area (Å²) in [7, 11) is 0. The van der Waals surface area contributed by atoms with Crippen molar-refractivity contribution in [2.45, 2.75) is 45.6 Å². The van der Waals surface area contributed by atoms with Gasteiger partial charge in [-0.25, -0.2) is 0 Å². The topological polar surface area (TPSA) is 55.1 Å². The van der Waals surface area contributed by atoms with Crippen molar-refractivity contribution in [3.63, 3.8) is 0 Å². The molecule has 0 heterocycles. The first-order chi connectivity index (χ1) is 8.58. The third-order valence-corrected chi connectivity index (χ3v) is 3.92. The second-order valence-corrected chi connectivity index (χ2v) is 5.47. The molecular weight excluding hydrogens is 224 g/mol. The average molecular weight is 246 g/mol. The Morgan fingerprint density at radius 2 is 1.94 bits per heavy atom. The highest BCUT2D eigenvalue weighted by molar-refractivity contribution is 5.99. The Hall–Kier alpha value is -1.51. The van der Waals surface area contributed by atoms with Gasteiger partial charge in [-0.1, -0.05) is 19.1 Å². The molecule has 0 aliphatic heterocycles. The predicted molar refractivity (Wildman–Crippen MR) is 74.5 cm³/mol. The summed E-state index contributed by atoms with van der Waals surface area (Å²) in [4.78, 5) is 12.2. The largest absolute Gasteiger partial charge is 0.398 e. The number of hydrogen-bond donors (Lipinski definition) is 2. The molecule has 1 saturated carbocycles. The molecule has 98 valence electrons. The predicted octanol–water partition coefficient (Wildman–Crippen LogP) is 2.89. The van der Waals surface area contributed by atoms with Crippen LogP contribution >= 0.6 is 0 Å². The van der Waals surface area contributed by atoms with Crippen molar-refractivity contribution >= 4 is 11.6 Å². The fraction of sp³-hybridized carbons (Fsp3) is 0.533. The van der Waals surface area contributed by atoms with E-state index in [9.17, 15) is 4.79 Å². The van der Waals surface area contributed by atoms with E-state index in [0.717, 1.165) is 24.3 Å². The number of carbonyl (C=O) groups excluding carboxylic acids is 1. The van der Waals surface area contributed by atoms with Crippen LogP contribution in [0.5, 0.6) is 0 Å². The molecular formula is C15H22N2O. The number of nitrogens with one attached hydrogen (secondary N) is 1. The standard InChI is InChI=1S/C15H22N2O/c1-10-6-8-12(9-7-10)17-15(18)13-5-3-4-11(2)14(13)16/h3-5,10,12H,6-9,16H2,1-2H3,(H,17,18). The molecule has 1 aliphatic carbocycles. The molecule has 1 aliphatic rings. The van der Waals surface area contributed by atoms with Crippen LogP contribution in [-0.4, -0.2) is 11.9 Å². The molecule has 3 nitrogen and oxygen atoms in total. The molecule has 1 fully saturated rings. The summed E-state index contributed by atoms with van der Waals surface area (Å²) < 4.78 is 0. The van der Waals surface area contributed by atoms with Crippen LogP contribution < -0.4 is 11.1 Å². The molecule has 3 heteroatoms. The second-order valence-electron chi connectivity index (χ2n) is 5.47. The van der Waals surface area contributed by atoms with E-state index in [1.165, 1.54) is 12.8 Å². The highest BCUT2D eigenvalue weighted by Crippen LogP contribution is 2.24. The first kappa shape index (κ1) is 12.9. The van der Waals surface area contributed by atoms with E-state index in [0.29, 0.717) is 17.3 Å². The number of aryl methyl sites for hydroxylation is 1. The van der Waals surface area contributed by atoms with Crippen molar-refractivity contribution in [3.8, 4) is 0 Å². The zero-order chi connectivity index (χ0) is 13.1. The average Bonchev–Trinajstić information content (AvgIpc) is 2.35. The molecule has 2 rings (SSSR count). The summed E-state index contributed by atoms with van der Waals surface area (Å²) in [5, 5.41) is 3.10. The van der Waals surface area contributed by atoms with Gasteiger partial charge in [-0.2, -0.15) is 0 Å². The Kier molecular flexibility index (Phi) is 3.90. The Bertz CT molecular complexity index is 434. The lowest BCUT2D eigenvalue weighted by atomic mass is 9.87. The Morgan fingerprint density at radius 1 is 1.28 bits per heavy atom. The van der Waals surface area contributed by atoms with E-state index in [1.54, 1.807) is 6.07 Å². The van der Waals surface area contributed by atoms with E-state index in [4.69, 9.17) is 5.73 Å². The molecule has 1 amide bonds. The van der Waals surface area contributed by atoms with Gasteiger partial charge in [0.15, 0.2) is 0 Å². The molecule has 3 N–H and O–H groups in total. The van der Waals surface area contributed by atoms with Crippen molar-refractivity contribution in [2.75, 3.05) is 5.73 Å². The van der Waals surface area contributed by atoms with Gasteiger partial charge in [0.2, 0.25) is 0 Å². The number of nitrogens with two attached hydrogens (primary N) is 1. The zero-order valence-corrected chi connectivity index (χ0v) is 11.2. The fourth-order valence-electron chi connectivity index (χ4n) is 2.55. The Labute approximate surface area is 109 Å². The van der Waals surface area contributed by atoms with Crippen molar-refractivity contribution in [1.82, 2.24) is 5.32 Å². The van der Waals surface area contributed by atoms with E-state index in [-0.39, 0.29) is 5.91 Å². The number of benzene rings is 1.